The number of nitrogens with zero attached hydrogens (tertiary/aromatic N) is 2. The smallest absolute Gasteiger partial charge is 0.131 e. The van der Waals surface area contributed by atoms with Crippen molar-refractivity contribution in [3.05, 3.63) is 40.6 Å². The van der Waals surface area contributed by atoms with Gasteiger partial charge in [0.05, 0.1) is 0 Å². The van der Waals surface area contributed by atoms with E-state index in [9.17, 15) is 0 Å². The van der Waals surface area contributed by atoms with Crippen molar-refractivity contribution in [1.29, 1.82) is 0 Å². The number of imidazole rings is 1. The molecule has 1 atom stereocenters. The predicted molar refractivity (Wildman–Crippen MR) is 88.5 cm³/mol. The lowest BCUT2D eigenvalue weighted by Crippen LogP contribution is -2.31. The molecule has 1 aliphatic carbocycles. The summed E-state index contributed by atoms with van der Waals surface area (Å²) in [5.41, 5.74) is 0. The van der Waals surface area contributed by atoms with Gasteiger partial charge in [0.25, 0.3) is 0 Å². The molecular formula is C17H25N3S. The van der Waals surface area contributed by atoms with E-state index in [0.717, 1.165) is 24.2 Å². The first-order valence-corrected chi connectivity index (χ1v) is 8.86. The van der Waals surface area contributed by atoms with Crippen molar-refractivity contribution in [2.45, 2.75) is 38.6 Å². The van der Waals surface area contributed by atoms with Crippen LogP contribution in [0.25, 0.3) is 0 Å². The lowest BCUT2D eigenvalue weighted by molar-refractivity contribution is 0.277. The lowest BCUT2D eigenvalue weighted by Gasteiger charge is -2.28. The first-order valence-electron chi connectivity index (χ1n) is 7.98. The SMILES string of the molecule is CC1CCC(CNC(c2cccs2)c2nccn2C)CC1. The van der Waals surface area contributed by atoms with E-state index in [1.165, 1.54) is 30.6 Å². The fourth-order valence-corrected chi connectivity index (χ4v) is 4.04. The normalized spacial score (nSPS) is 24.1. The highest BCUT2D eigenvalue weighted by Crippen LogP contribution is 2.30. The van der Waals surface area contributed by atoms with Crippen LogP contribution in [0.1, 0.15) is 49.4 Å². The molecule has 0 aliphatic heterocycles. The largest absolute Gasteiger partial charge is 0.336 e. The maximum absolute atomic E-state index is 4.56. The van der Waals surface area contributed by atoms with Crippen molar-refractivity contribution >= 4 is 11.3 Å². The van der Waals surface area contributed by atoms with Gasteiger partial charge in [-0.25, -0.2) is 4.98 Å². The van der Waals surface area contributed by atoms with Crippen LogP contribution in [0.3, 0.4) is 0 Å². The standard InChI is InChI=1S/C17H25N3S/c1-13-5-7-14(8-6-13)12-19-16(15-4-3-11-21-15)17-18-9-10-20(17)2/h3-4,9-11,13-14,16,19H,5-8,12H2,1-2H3. The van der Waals surface area contributed by atoms with Gasteiger partial charge in [0, 0.05) is 24.3 Å². The number of aromatic nitrogens is 2. The van der Waals surface area contributed by atoms with E-state index in [-0.39, 0.29) is 6.04 Å². The molecule has 0 aromatic carbocycles. The van der Waals surface area contributed by atoms with Crippen LogP contribution in [0, 0.1) is 11.8 Å². The highest BCUT2D eigenvalue weighted by atomic mass is 32.1. The molecule has 3 nitrogen and oxygen atoms in total. The lowest BCUT2D eigenvalue weighted by atomic mass is 9.83. The minimum Gasteiger partial charge on any atom is -0.336 e. The van der Waals surface area contributed by atoms with E-state index in [1.807, 2.05) is 23.7 Å². The fourth-order valence-electron chi connectivity index (χ4n) is 3.25. The molecule has 3 rings (SSSR count). The number of hydrogen-bond donors (Lipinski definition) is 1. The molecule has 2 aromatic rings. The van der Waals surface area contributed by atoms with Gasteiger partial charge in [0.2, 0.25) is 0 Å². The summed E-state index contributed by atoms with van der Waals surface area (Å²) in [5.74, 6) is 2.86. The fraction of sp³-hybridized carbons (Fsp3) is 0.588. The molecule has 1 saturated carbocycles. The van der Waals surface area contributed by atoms with Crippen molar-refractivity contribution in [3.63, 3.8) is 0 Å². The molecular weight excluding hydrogens is 278 g/mol. The van der Waals surface area contributed by atoms with Crippen molar-refractivity contribution in [3.8, 4) is 0 Å². The molecule has 1 aliphatic rings. The molecule has 114 valence electrons. The number of thiophene rings is 1. The molecule has 0 radical (unpaired) electrons. The van der Waals surface area contributed by atoms with E-state index < -0.39 is 0 Å². The zero-order valence-electron chi connectivity index (χ0n) is 13.0. The zero-order valence-corrected chi connectivity index (χ0v) is 13.8. The second-order valence-electron chi connectivity index (χ2n) is 6.38. The van der Waals surface area contributed by atoms with E-state index in [4.69, 9.17) is 0 Å². The number of nitrogens with one attached hydrogen (secondary N) is 1. The van der Waals surface area contributed by atoms with E-state index in [2.05, 4.69) is 46.4 Å². The van der Waals surface area contributed by atoms with Crippen LogP contribution in [-0.2, 0) is 7.05 Å². The van der Waals surface area contributed by atoms with Gasteiger partial charge in [-0.15, -0.1) is 11.3 Å². The quantitative estimate of drug-likeness (QED) is 0.905. The Kier molecular flexibility index (Phi) is 4.76. The highest BCUT2D eigenvalue weighted by Gasteiger charge is 2.22. The molecule has 1 N–H and O–H groups in total. The molecule has 21 heavy (non-hydrogen) atoms. The number of rotatable bonds is 5. The minimum absolute atomic E-state index is 0.226. The minimum atomic E-state index is 0.226. The van der Waals surface area contributed by atoms with Gasteiger partial charge in [0.1, 0.15) is 11.9 Å². The van der Waals surface area contributed by atoms with Crippen molar-refractivity contribution in [2.24, 2.45) is 18.9 Å². The Morgan fingerprint density at radius 1 is 1.38 bits per heavy atom. The molecule has 2 aromatic heterocycles. The first-order chi connectivity index (χ1) is 10.2. The topological polar surface area (TPSA) is 29.9 Å². The molecule has 0 bridgehead atoms. The Morgan fingerprint density at radius 2 is 2.19 bits per heavy atom. The molecule has 1 fully saturated rings. The Labute approximate surface area is 131 Å². The summed E-state index contributed by atoms with van der Waals surface area (Å²) in [6.07, 6.45) is 9.43. The van der Waals surface area contributed by atoms with Gasteiger partial charge in [-0.3, -0.25) is 0 Å². The molecule has 0 spiro atoms. The van der Waals surface area contributed by atoms with E-state index in [1.54, 1.807) is 0 Å². The summed E-state index contributed by atoms with van der Waals surface area (Å²) < 4.78 is 2.13. The summed E-state index contributed by atoms with van der Waals surface area (Å²) in [6, 6.07) is 4.56. The average molecular weight is 303 g/mol. The molecule has 4 heteroatoms. The van der Waals surface area contributed by atoms with Gasteiger partial charge >= 0.3 is 0 Å². The number of aryl methyl sites for hydroxylation is 1. The average Bonchev–Trinajstić information content (AvgIpc) is 3.14. The van der Waals surface area contributed by atoms with Crippen LogP contribution in [-0.4, -0.2) is 16.1 Å². The second kappa shape index (κ2) is 6.75. The molecule has 1 unspecified atom stereocenters. The zero-order chi connectivity index (χ0) is 14.7. The van der Waals surface area contributed by atoms with Crippen molar-refractivity contribution in [1.82, 2.24) is 14.9 Å². The third kappa shape index (κ3) is 3.55. The van der Waals surface area contributed by atoms with Crippen LogP contribution >= 0.6 is 11.3 Å². The van der Waals surface area contributed by atoms with Crippen LogP contribution in [0.15, 0.2) is 29.9 Å². The predicted octanol–water partition coefficient (Wildman–Crippen LogP) is 3.99. The Bertz CT molecular complexity index is 538. The van der Waals surface area contributed by atoms with Gasteiger partial charge in [-0.2, -0.15) is 0 Å². The maximum Gasteiger partial charge on any atom is 0.131 e. The third-order valence-corrected chi connectivity index (χ3v) is 5.63. The van der Waals surface area contributed by atoms with Crippen molar-refractivity contribution < 1.29 is 0 Å². The van der Waals surface area contributed by atoms with Gasteiger partial charge < -0.3 is 9.88 Å². The summed E-state index contributed by atoms with van der Waals surface area (Å²) >= 11 is 1.81. The van der Waals surface area contributed by atoms with Crippen LogP contribution in [0.2, 0.25) is 0 Å². The maximum atomic E-state index is 4.56. The van der Waals surface area contributed by atoms with Crippen LogP contribution in [0.5, 0.6) is 0 Å². The monoisotopic (exact) mass is 303 g/mol. The van der Waals surface area contributed by atoms with E-state index >= 15 is 0 Å². The van der Waals surface area contributed by atoms with Gasteiger partial charge in [0.15, 0.2) is 0 Å². The summed E-state index contributed by atoms with van der Waals surface area (Å²) in [5, 5.41) is 5.93. The summed E-state index contributed by atoms with van der Waals surface area (Å²) in [7, 11) is 2.08. The summed E-state index contributed by atoms with van der Waals surface area (Å²) in [4.78, 5) is 5.91. The highest BCUT2D eigenvalue weighted by molar-refractivity contribution is 7.10. The van der Waals surface area contributed by atoms with Gasteiger partial charge in [-0.1, -0.05) is 25.8 Å². The Hall–Kier alpha value is -1.13. The Morgan fingerprint density at radius 3 is 2.81 bits per heavy atom. The number of hydrogen-bond acceptors (Lipinski definition) is 3. The van der Waals surface area contributed by atoms with E-state index in [0.29, 0.717) is 0 Å². The third-order valence-electron chi connectivity index (χ3n) is 4.69. The summed E-state index contributed by atoms with van der Waals surface area (Å²) in [6.45, 7) is 3.48. The second-order valence-corrected chi connectivity index (χ2v) is 7.36. The molecule has 0 saturated heterocycles. The Balaban J connectivity index is 1.67. The molecule has 0 amide bonds. The van der Waals surface area contributed by atoms with Crippen LogP contribution in [0.4, 0.5) is 0 Å². The van der Waals surface area contributed by atoms with Gasteiger partial charge in [-0.05, 0) is 42.7 Å². The van der Waals surface area contributed by atoms with Crippen molar-refractivity contribution in [2.75, 3.05) is 6.54 Å². The first kappa shape index (κ1) is 14.8. The van der Waals surface area contributed by atoms with Crippen LogP contribution < -0.4 is 5.32 Å². The molecule has 2 heterocycles.